The van der Waals surface area contributed by atoms with Gasteiger partial charge in [0.05, 0.1) is 18.1 Å². The van der Waals surface area contributed by atoms with E-state index in [-0.39, 0.29) is 22.4 Å². The lowest BCUT2D eigenvalue weighted by molar-refractivity contribution is 0.0393. The molecule has 0 aromatic heterocycles. The molecule has 1 fully saturated rings. The molecule has 1 aliphatic rings. The highest BCUT2D eigenvalue weighted by Crippen LogP contribution is 2.22. The number of nitrogens with one attached hydrogen (secondary N) is 1. The SMILES string of the molecule is CC1COCCN1S(=O)(=O)c1cccc(C(=O)Nc2ccc(Cl)cc2)c1. The van der Waals surface area contributed by atoms with Crippen molar-refractivity contribution in [1.29, 1.82) is 0 Å². The van der Waals surface area contributed by atoms with Gasteiger partial charge in [-0.2, -0.15) is 4.31 Å². The molecule has 0 saturated carbocycles. The molecule has 26 heavy (non-hydrogen) atoms. The standard InChI is InChI=1S/C18H19ClN2O4S/c1-13-12-25-10-9-21(13)26(23,24)17-4-2-3-14(11-17)18(22)20-16-7-5-15(19)6-8-16/h2-8,11,13H,9-10,12H2,1H3,(H,20,22). The Labute approximate surface area is 157 Å². The largest absolute Gasteiger partial charge is 0.378 e. The summed E-state index contributed by atoms with van der Waals surface area (Å²) in [6, 6.07) is 12.5. The van der Waals surface area contributed by atoms with Crippen LogP contribution >= 0.6 is 11.6 Å². The van der Waals surface area contributed by atoms with Gasteiger partial charge in [-0.25, -0.2) is 8.42 Å². The first kappa shape index (κ1) is 18.8. The molecule has 1 saturated heterocycles. The van der Waals surface area contributed by atoms with Crippen LogP contribution in [0.5, 0.6) is 0 Å². The Morgan fingerprint density at radius 1 is 1.23 bits per heavy atom. The summed E-state index contributed by atoms with van der Waals surface area (Å²) in [4.78, 5) is 12.5. The fraction of sp³-hybridized carbons (Fsp3) is 0.278. The van der Waals surface area contributed by atoms with Crippen LogP contribution in [-0.2, 0) is 14.8 Å². The fourth-order valence-corrected chi connectivity index (χ4v) is 4.51. The number of nitrogens with zero attached hydrogens (tertiary/aromatic N) is 1. The van der Waals surface area contributed by atoms with Crippen molar-refractivity contribution in [3.8, 4) is 0 Å². The van der Waals surface area contributed by atoms with Gasteiger partial charge >= 0.3 is 0 Å². The van der Waals surface area contributed by atoms with Crippen molar-refractivity contribution in [3.63, 3.8) is 0 Å². The number of benzene rings is 2. The molecule has 1 N–H and O–H groups in total. The van der Waals surface area contributed by atoms with E-state index in [1.165, 1.54) is 16.4 Å². The number of amides is 1. The topological polar surface area (TPSA) is 75.7 Å². The van der Waals surface area contributed by atoms with Crippen molar-refractivity contribution < 1.29 is 17.9 Å². The third-order valence-corrected chi connectivity index (χ3v) is 6.37. The van der Waals surface area contributed by atoms with Gasteiger partial charge in [-0.3, -0.25) is 4.79 Å². The molecule has 138 valence electrons. The molecular weight excluding hydrogens is 376 g/mol. The first-order valence-corrected chi connectivity index (χ1v) is 9.96. The number of anilines is 1. The van der Waals surface area contributed by atoms with Gasteiger partial charge < -0.3 is 10.1 Å². The smallest absolute Gasteiger partial charge is 0.255 e. The fourth-order valence-electron chi connectivity index (χ4n) is 2.74. The van der Waals surface area contributed by atoms with E-state index < -0.39 is 10.0 Å². The Balaban J connectivity index is 1.83. The van der Waals surface area contributed by atoms with Gasteiger partial charge in [-0.15, -0.1) is 0 Å². The Hall–Kier alpha value is -1.93. The number of ether oxygens (including phenoxy) is 1. The normalized spacial score (nSPS) is 18.5. The summed E-state index contributed by atoms with van der Waals surface area (Å²) < 4.78 is 32.5. The van der Waals surface area contributed by atoms with Crippen LogP contribution in [0.3, 0.4) is 0 Å². The number of sulfonamides is 1. The third kappa shape index (κ3) is 4.07. The van der Waals surface area contributed by atoms with E-state index in [2.05, 4.69) is 5.32 Å². The van der Waals surface area contributed by atoms with Crippen LogP contribution in [-0.4, -0.2) is 44.4 Å². The van der Waals surface area contributed by atoms with Crippen molar-refractivity contribution in [1.82, 2.24) is 4.31 Å². The summed E-state index contributed by atoms with van der Waals surface area (Å²) in [5, 5.41) is 3.29. The maximum atomic E-state index is 12.9. The molecule has 0 radical (unpaired) electrons. The van der Waals surface area contributed by atoms with Crippen molar-refractivity contribution in [2.45, 2.75) is 17.9 Å². The first-order chi connectivity index (χ1) is 12.4. The minimum Gasteiger partial charge on any atom is -0.378 e. The number of hydrogen-bond donors (Lipinski definition) is 1. The molecule has 0 spiro atoms. The van der Waals surface area contributed by atoms with Gasteiger partial charge in [0.1, 0.15) is 0 Å². The zero-order valence-corrected chi connectivity index (χ0v) is 15.8. The highest BCUT2D eigenvalue weighted by molar-refractivity contribution is 7.89. The van der Waals surface area contributed by atoms with E-state index in [1.807, 2.05) is 0 Å². The molecule has 0 bridgehead atoms. The zero-order chi connectivity index (χ0) is 18.7. The van der Waals surface area contributed by atoms with Crippen LogP contribution in [0.15, 0.2) is 53.4 Å². The van der Waals surface area contributed by atoms with Gasteiger partial charge in [0, 0.05) is 28.9 Å². The Bertz CT molecular complexity index is 900. The van der Waals surface area contributed by atoms with E-state index in [0.29, 0.717) is 30.5 Å². The lowest BCUT2D eigenvalue weighted by Gasteiger charge is -2.32. The van der Waals surface area contributed by atoms with Crippen molar-refractivity contribution >= 4 is 33.2 Å². The molecule has 1 aliphatic heterocycles. The number of halogens is 1. The number of hydrogen-bond acceptors (Lipinski definition) is 4. The molecule has 1 amide bonds. The second-order valence-electron chi connectivity index (χ2n) is 6.03. The summed E-state index contributed by atoms with van der Waals surface area (Å²) in [5.41, 5.74) is 0.844. The number of rotatable bonds is 4. The molecule has 1 heterocycles. The van der Waals surface area contributed by atoms with Gasteiger partial charge in [-0.05, 0) is 49.4 Å². The van der Waals surface area contributed by atoms with Crippen LogP contribution in [0.2, 0.25) is 5.02 Å². The van der Waals surface area contributed by atoms with Crippen LogP contribution < -0.4 is 5.32 Å². The molecule has 6 nitrogen and oxygen atoms in total. The Morgan fingerprint density at radius 3 is 2.65 bits per heavy atom. The van der Waals surface area contributed by atoms with E-state index in [4.69, 9.17) is 16.3 Å². The van der Waals surface area contributed by atoms with E-state index in [9.17, 15) is 13.2 Å². The molecular formula is C18H19ClN2O4S. The van der Waals surface area contributed by atoms with Crippen LogP contribution in [0.25, 0.3) is 0 Å². The van der Waals surface area contributed by atoms with Gasteiger partial charge in [0.25, 0.3) is 5.91 Å². The summed E-state index contributed by atoms with van der Waals surface area (Å²) in [7, 11) is -3.69. The predicted octanol–water partition coefficient (Wildman–Crippen LogP) is 3.00. The van der Waals surface area contributed by atoms with E-state index in [0.717, 1.165) is 0 Å². The maximum absolute atomic E-state index is 12.9. The summed E-state index contributed by atoms with van der Waals surface area (Å²) in [6.07, 6.45) is 0. The zero-order valence-electron chi connectivity index (χ0n) is 14.2. The first-order valence-electron chi connectivity index (χ1n) is 8.14. The average Bonchev–Trinajstić information content (AvgIpc) is 2.64. The Kier molecular flexibility index (Phi) is 5.62. The highest BCUT2D eigenvalue weighted by atomic mass is 35.5. The van der Waals surface area contributed by atoms with E-state index in [1.54, 1.807) is 43.3 Å². The minimum absolute atomic E-state index is 0.0926. The number of carbonyl (C=O) groups is 1. The van der Waals surface area contributed by atoms with Crippen molar-refractivity contribution in [3.05, 3.63) is 59.1 Å². The van der Waals surface area contributed by atoms with Gasteiger partial charge in [-0.1, -0.05) is 17.7 Å². The summed E-state index contributed by atoms with van der Waals surface area (Å²) in [6.45, 7) is 2.81. The third-order valence-electron chi connectivity index (χ3n) is 4.11. The molecule has 2 aromatic rings. The lowest BCUT2D eigenvalue weighted by Crippen LogP contribution is -2.46. The highest BCUT2D eigenvalue weighted by Gasteiger charge is 2.31. The lowest BCUT2D eigenvalue weighted by atomic mass is 10.2. The predicted molar refractivity (Wildman–Crippen MR) is 100 cm³/mol. The molecule has 3 rings (SSSR count). The summed E-state index contributed by atoms with van der Waals surface area (Å²) in [5.74, 6) is -0.389. The quantitative estimate of drug-likeness (QED) is 0.864. The van der Waals surface area contributed by atoms with Crippen LogP contribution in [0.1, 0.15) is 17.3 Å². The maximum Gasteiger partial charge on any atom is 0.255 e. The van der Waals surface area contributed by atoms with Gasteiger partial charge in [0.15, 0.2) is 0 Å². The average molecular weight is 395 g/mol. The molecule has 2 aromatic carbocycles. The second kappa shape index (κ2) is 7.75. The number of morpholine rings is 1. The molecule has 0 aliphatic carbocycles. The summed E-state index contributed by atoms with van der Waals surface area (Å²) >= 11 is 5.83. The second-order valence-corrected chi connectivity index (χ2v) is 8.36. The monoisotopic (exact) mass is 394 g/mol. The van der Waals surface area contributed by atoms with Crippen molar-refractivity contribution in [2.24, 2.45) is 0 Å². The number of carbonyl (C=O) groups excluding carboxylic acids is 1. The van der Waals surface area contributed by atoms with Crippen molar-refractivity contribution in [2.75, 3.05) is 25.1 Å². The molecule has 1 atom stereocenters. The molecule has 1 unspecified atom stereocenters. The van der Waals surface area contributed by atoms with Crippen LogP contribution in [0, 0.1) is 0 Å². The van der Waals surface area contributed by atoms with Crippen LogP contribution in [0.4, 0.5) is 5.69 Å². The molecule has 8 heteroatoms. The minimum atomic E-state index is -3.69. The van der Waals surface area contributed by atoms with E-state index >= 15 is 0 Å². The van der Waals surface area contributed by atoms with Gasteiger partial charge in [0.2, 0.25) is 10.0 Å². The Morgan fingerprint density at radius 2 is 1.96 bits per heavy atom.